The molecule has 0 spiro atoms. The minimum absolute atomic E-state index is 0.0370. The summed E-state index contributed by atoms with van der Waals surface area (Å²) in [6.07, 6.45) is -1.71. The van der Waals surface area contributed by atoms with E-state index in [9.17, 15) is 18.0 Å². The summed E-state index contributed by atoms with van der Waals surface area (Å²) in [4.78, 5) is 17.4. The van der Waals surface area contributed by atoms with E-state index in [-0.39, 0.29) is 18.3 Å². The van der Waals surface area contributed by atoms with E-state index in [2.05, 4.69) is 10.1 Å². The van der Waals surface area contributed by atoms with Crippen LogP contribution in [-0.4, -0.2) is 38.3 Å². The van der Waals surface area contributed by atoms with Crippen LogP contribution in [0.3, 0.4) is 0 Å². The van der Waals surface area contributed by atoms with E-state index in [0.717, 1.165) is 17.5 Å². The fraction of sp³-hybridized carbons (Fsp3) is 0.786. The Morgan fingerprint density at radius 1 is 1.36 bits per heavy atom. The second kappa shape index (κ2) is 6.66. The maximum Gasteiger partial charge on any atom is 0.408 e. The molecule has 1 amide bonds. The van der Waals surface area contributed by atoms with Crippen molar-refractivity contribution in [3.63, 3.8) is 0 Å². The zero-order chi connectivity index (χ0) is 16.3. The molecule has 0 radical (unpaired) electrons. The van der Waals surface area contributed by atoms with Gasteiger partial charge in [0.1, 0.15) is 12.4 Å². The number of nitrogens with zero attached hydrogens (tertiary/aromatic N) is 4. The zero-order valence-corrected chi connectivity index (χ0v) is 12.9. The van der Waals surface area contributed by atoms with Crippen molar-refractivity contribution in [1.82, 2.24) is 19.7 Å². The molecule has 0 saturated carbocycles. The lowest BCUT2D eigenvalue weighted by molar-refractivity contribution is -0.143. The van der Waals surface area contributed by atoms with Crippen LogP contribution >= 0.6 is 0 Å². The number of alkyl halides is 3. The first kappa shape index (κ1) is 16.8. The lowest BCUT2D eigenvalue weighted by atomic mass is 10.1. The Hall–Kier alpha value is -1.60. The number of hydrogen-bond donors (Lipinski definition) is 0. The summed E-state index contributed by atoms with van der Waals surface area (Å²) >= 11 is 0. The highest BCUT2D eigenvalue weighted by Crippen LogP contribution is 2.20. The number of aromatic nitrogens is 3. The zero-order valence-electron chi connectivity index (χ0n) is 12.9. The van der Waals surface area contributed by atoms with Gasteiger partial charge in [0.25, 0.3) is 0 Å². The summed E-state index contributed by atoms with van der Waals surface area (Å²) in [5.74, 6) is 0.902. The minimum Gasteiger partial charge on any atom is -0.335 e. The van der Waals surface area contributed by atoms with Gasteiger partial charge in [-0.2, -0.15) is 18.3 Å². The standard InChI is InChI=1S/C14H21F3N4O/c1-3-10(2)7-11-18-12(8-20-6-4-5-13(20)22)21(19-11)9-14(15,16)17/h10H,3-9H2,1-2H3. The van der Waals surface area contributed by atoms with Crippen molar-refractivity contribution in [1.29, 1.82) is 0 Å². The van der Waals surface area contributed by atoms with Gasteiger partial charge in [0, 0.05) is 19.4 Å². The van der Waals surface area contributed by atoms with Gasteiger partial charge in [-0.05, 0) is 12.3 Å². The second-order valence-electron chi connectivity index (χ2n) is 5.85. The highest BCUT2D eigenvalue weighted by molar-refractivity contribution is 5.77. The number of carbonyl (C=O) groups is 1. The second-order valence-corrected chi connectivity index (χ2v) is 5.85. The number of rotatable bonds is 6. The van der Waals surface area contributed by atoms with E-state index < -0.39 is 12.7 Å². The monoisotopic (exact) mass is 318 g/mol. The molecular weight excluding hydrogens is 297 g/mol. The molecule has 1 fully saturated rings. The van der Waals surface area contributed by atoms with Gasteiger partial charge in [-0.1, -0.05) is 20.3 Å². The molecule has 1 aliphatic rings. The molecule has 2 heterocycles. The van der Waals surface area contributed by atoms with Gasteiger partial charge < -0.3 is 4.90 Å². The molecule has 1 aromatic rings. The first-order valence-electron chi connectivity index (χ1n) is 7.55. The van der Waals surface area contributed by atoms with Gasteiger partial charge in [-0.3, -0.25) is 4.79 Å². The van der Waals surface area contributed by atoms with Crippen molar-refractivity contribution in [3.8, 4) is 0 Å². The van der Waals surface area contributed by atoms with Crippen LogP contribution in [0.5, 0.6) is 0 Å². The Kier molecular flexibility index (Phi) is 5.08. The fourth-order valence-corrected chi connectivity index (χ4v) is 2.42. The van der Waals surface area contributed by atoms with Crippen LogP contribution in [0.2, 0.25) is 0 Å². The van der Waals surface area contributed by atoms with Crippen LogP contribution in [-0.2, 0) is 24.3 Å². The van der Waals surface area contributed by atoms with Gasteiger partial charge in [-0.15, -0.1) is 0 Å². The maximum atomic E-state index is 12.7. The number of halogens is 3. The van der Waals surface area contributed by atoms with Crippen LogP contribution in [0, 0.1) is 5.92 Å². The molecule has 124 valence electrons. The largest absolute Gasteiger partial charge is 0.408 e. The average molecular weight is 318 g/mol. The Labute approximate surface area is 127 Å². The highest BCUT2D eigenvalue weighted by atomic mass is 19.4. The molecule has 1 saturated heterocycles. The van der Waals surface area contributed by atoms with Crippen molar-refractivity contribution in [3.05, 3.63) is 11.6 Å². The number of likely N-dealkylation sites (tertiary alicyclic amines) is 1. The first-order chi connectivity index (χ1) is 10.3. The lowest BCUT2D eigenvalue weighted by Crippen LogP contribution is -2.28. The third-order valence-electron chi connectivity index (χ3n) is 3.85. The molecular formula is C14H21F3N4O. The summed E-state index contributed by atoms with van der Waals surface area (Å²) in [5.41, 5.74) is 0. The van der Waals surface area contributed by atoms with Crippen LogP contribution in [0.4, 0.5) is 13.2 Å². The Bertz CT molecular complexity index is 527. The smallest absolute Gasteiger partial charge is 0.335 e. The quantitative estimate of drug-likeness (QED) is 0.810. The SMILES string of the molecule is CCC(C)Cc1nc(CN2CCCC2=O)n(CC(F)(F)F)n1. The van der Waals surface area contributed by atoms with Crippen molar-refractivity contribution < 1.29 is 18.0 Å². The molecule has 0 aromatic carbocycles. The maximum absolute atomic E-state index is 12.7. The molecule has 1 unspecified atom stereocenters. The molecule has 1 atom stereocenters. The van der Waals surface area contributed by atoms with E-state index in [1.54, 1.807) is 4.90 Å². The van der Waals surface area contributed by atoms with Crippen LogP contribution in [0.15, 0.2) is 0 Å². The lowest BCUT2D eigenvalue weighted by Gasteiger charge is -2.15. The number of carbonyl (C=O) groups excluding carboxylic acids is 1. The molecule has 22 heavy (non-hydrogen) atoms. The normalized spacial score (nSPS) is 17.3. The third kappa shape index (κ3) is 4.45. The topological polar surface area (TPSA) is 51.0 Å². The van der Waals surface area contributed by atoms with E-state index in [4.69, 9.17) is 0 Å². The third-order valence-corrected chi connectivity index (χ3v) is 3.85. The Balaban J connectivity index is 2.18. The molecule has 0 aliphatic carbocycles. The van der Waals surface area contributed by atoms with Crippen LogP contribution in [0.1, 0.15) is 44.8 Å². The molecule has 1 aliphatic heterocycles. The van der Waals surface area contributed by atoms with Crippen molar-refractivity contribution in [2.75, 3.05) is 6.54 Å². The fourth-order valence-electron chi connectivity index (χ4n) is 2.42. The van der Waals surface area contributed by atoms with Gasteiger partial charge in [-0.25, -0.2) is 9.67 Å². The predicted molar refractivity (Wildman–Crippen MR) is 73.9 cm³/mol. The predicted octanol–water partition coefficient (Wildman–Crippen LogP) is 2.55. The van der Waals surface area contributed by atoms with E-state index in [1.165, 1.54) is 0 Å². The Morgan fingerprint density at radius 3 is 2.64 bits per heavy atom. The first-order valence-corrected chi connectivity index (χ1v) is 7.55. The summed E-state index contributed by atoms with van der Waals surface area (Å²) in [7, 11) is 0. The van der Waals surface area contributed by atoms with Gasteiger partial charge in [0.2, 0.25) is 5.91 Å². The van der Waals surface area contributed by atoms with Crippen LogP contribution < -0.4 is 0 Å². The van der Waals surface area contributed by atoms with Gasteiger partial charge in [0.15, 0.2) is 5.82 Å². The summed E-state index contributed by atoms with van der Waals surface area (Å²) in [6.45, 7) is 3.52. The van der Waals surface area contributed by atoms with Crippen LogP contribution in [0.25, 0.3) is 0 Å². The van der Waals surface area contributed by atoms with E-state index in [1.807, 2.05) is 13.8 Å². The summed E-state index contributed by atoms with van der Waals surface area (Å²) < 4.78 is 38.9. The molecule has 2 rings (SSSR count). The molecule has 0 bridgehead atoms. The van der Waals surface area contributed by atoms with Gasteiger partial charge >= 0.3 is 6.18 Å². The number of amides is 1. The molecule has 1 aromatic heterocycles. The summed E-state index contributed by atoms with van der Waals surface area (Å²) in [5, 5.41) is 4.00. The molecule has 8 heteroatoms. The summed E-state index contributed by atoms with van der Waals surface area (Å²) in [6, 6.07) is 0. The minimum atomic E-state index is -4.36. The van der Waals surface area contributed by atoms with Crippen molar-refractivity contribution in [2.45, 2.75) is 58.8 Å². The van der Waals surface area contributed by atoms with Crippen molar-refractivity contribution in [2.24, 2.45) is 5.92 Å². The highest BCUT2D eigenvalue weighted by Gasteiger charge is 2.31. The number of hydrogen-bond acceptors (Lipinski definition) is 3. The average Bonchev–Trinajstić information content (AvgIpc) is 2.96. The molecule has 0 N–H and O–H groups in total. The van der Waals surface area contributed by atoms with E-state index >= 15 is 0 Å². The molecule has 5 nitrogen and oxygen atoms in total. The van der Waals surface area contributed by atoms with E-state index in [0.29, 0.717) is 31.1 Å². The Morgan fingerprint density at radius 2 is 2.09 bits per heavy atom. The van der Waals surface area contributed by atoms with Crippen molar-refractivity contribution >= 4 is 5.91 Å². The van der Waals surface area contributed by atoms with Gasteiger partial charge in [0.05, 0.1) is 6.54 Å².